The highest BCUT2D eigenvalue weighted by Crippen LogP contribution is 2.42. The van der Waals surface area contributed by atoms with Crippen LogP contribution in [-0.4, -0.2) is 31.4 Å². The number of rotatable bonds is 12. The number of para-hydroxylation sites is 3. The quantitative estimate of drug-likeness (QED) is 0.0853. The van der Waals surface area contributed by atoms with Crippen LogP contribution in [0.1, 0.15) is 0 Å². The Hall–Kier alpha value is -9.11. The predicted octanol–water partition coefficient (Wildman–Crippen LogP) is 11.9. The van der Waals surface area contributed by atoms with E-state index in [4.69, 9.17) is 0 Å². The van der Waals surface area contributed by atoms with E-state index < -0.39 is 22.3 Å². The zero-order chi connectivity index (χ0) is 51.2. The van der Waals surface area contributed by atoms with E-state index in [-0.39, 0.29) is 0 Å². The second-order valence-electron chi connectivity index (χ2n) is 20.3. The highest BCUT2D eigenvalue weighted by molar-refractivity contribution is 7.89. The minimum Gasteiger partial charge on any atom is -0.307 e. The van der Waals surface area contributed by atoms with Crippen LogP contribution < -0.4 is 41.5 Å². The number of hydrogen-bond acceptors (Lipinski definition) is 0. The predicted molar refractivity (Wildman–Crippen MR) is 335 cm³/mol. The molecule has 0 bridgehead atoms. The van der Waals surface area contributed by atoms with E-state index in [1.54, 1.807) is 0 Å². The van der Waals surface area contributed by atoms with Crippen LogP contribution in [0.2, 0.25) is 0 Å². The van der Waals surface area contributed by atoms with Crippen LogP contribution in [0.15, 0.2) is 328 Å². The lowest BCUT2D eigenvalue weighted by atomic mass is 10.1. The van der Waals surface area contributed by atoms with Crippen molar-refractivity contribution in [2.75, 3.05) is 0 Å². The number of fused-ring (bicyclic) bond motifs is 7. The van der Waals surface area contributed by atoms with Crippen LogP contribution in [0.5, 0.6) is 0 Å². The van der Waals surface area contributed by atoms with Crippen LogP contribution in [-0.2, 0) is 0 Å². The second kappa shape index (κ2) is 19.2. The van der Waals surface area contributed by atoms with Crippen molar-refractivity contribution < 1.29 is 0 Å². The molecule has 0 atom stereocenters. The minimum absolute atomic E-state index is 1.14. The largest absolute Gasteiger partial charge is 0.307 e. The van der Waals surface area contributed by atoms with Crippen molar-refractivity contribution in [2.24, 2.45) is 0 Å². The van der Waals surface area contributed by atoms with Crippen molar-refractivity contribution in [1.82, 2.24) is 9.13 Å². The number of nitrogens with zero attached hydrogens (tertiary/aromatic N) is 2. The van der Waals surface area contributed by atoms with Crippen molar-refractivity contribution in [3.05, 3.63) is 328 Å². The number of benzene rings is 12. The first-order valence-electron chi connectivity index (χ1n) is 26.8. The Morgan fingerprint density at radius 1 is 0.195 bits per heavy atom. The van der Waals surface area contributed by atoms with E-state index in [0.717, 1.165) is 11.4 Å². The van der Waals surface area contributed by atoms with Gasteiger partial charge in [-0.2, -0.15) is 0 Å². The first kappa shape index (κ1) is 46.4. The fourth-order valence-corrected chi connectivity index (χ4v) is 59.2. The van der Waals surface area contributed by atoms with Gasteiger partial charge < -0.3 is 9.13 Å². The first-order chi connectivity index (χ1) is 38.3. The molecule has 0 saturated carbocycles. The molecule has 0 fully saturated rings. The van der Waals surface area contributed by atoms with Crippen molar-refractivity contribution >= 4 is 107 Å². The van der Waals surface area contributed by atoms with Gasteiger partial charge in [-0.25, -0.2) is 0 Å². The molecule has 14 rings (SSSR count). The number of hydrogen-bond donors (Lipinski definition) is 0. The van der Waals surface area contributed by atoms with E-state index in [0.29, 0.717) is 0 Å². The van der Waals surface area contributed by atoms with Crippen molar-refractivity contribution in [3.63, 3.8) is 0 Å². The Labute approximate surface area is 452 Å². The maximum Gasteiger partial charge on any atom is 0.148 e. The maximum absolute atomic E-state index is 3.62. The molecule has 0 N–H and O–H groups in total. The standard InChI is InChI=1S/C72H54N2Si3/c1-9-30-55(31-10-1)73-69-50-27-25-48-65(69)67-52-53-68-66-49-26-28-51-70(66)74(72(68)71(67)73)56-32-29-47-64(54-56)76(60-39-17-5-18-40-60,61-41-19-6-20-42-61)77(62-43-21-7-22-44-62,63-45-23-8-24-46-63)75(57-33-11-2-12-34-57,58-35-13-3-14-36-58)59-37-15-4-16-38-59/h1-54H. The molecule has 0 radical (unpaired) electrons. The van der Waals surface area contributed by atoms with Crippen molar-refractivity contribution in [2.45, 2.75) is 0 Å². The lowest BCUT2D eigenvalue weighted by Gasteiger charge is -2.59. The Morgan fingerprint density at radius 2 is 0.468 bits per heavy atom. The molecule has 2 nitrogen and oxygen atoms in total. The van der Waals surface area contributed by atoms with Gasteiger partial charge in [0.25, 0.3) is 0 Å². The molecule has 0 unspecified atom stereocenters. The summed E-state index contributed by atoms with van der Waals surface area (Å²) in [6, 6.07) is 126. The molecule has 77 heavy (non-hydrogen) atoms. The van der Waals surface area contributed by atoms with Gasteiger partial charge in [-0.15, -0.1) is 0 Å². The Morgan fingerprint density at radius 3 is 0.844 bits per heavy atom. The monoisotopic (exact) mass is 1030 g/mol. The highest BCUT2D eigenvalue weighted by atomic mass is 29.6. The molecule has 0 spiro atoms. The lowest BCUT2D eigenvalue weighted by molar-refractivity contribution is 1.15. The van der Waals surface area contributed by atoms with E-state index in [2.05, 4.69) is 337 Å². The van der Waals surface area contributed by atoms with Crippen LogP contribution in [0.4, 0.5) is 0 Å². The molecule has 0 saturated heterocycles. The minimum atomic E-state index is -3.62. The molecule has 0 aliphatic rings. The normalized spacial score (nSPS) is 12.2. The van der Waals surface area contributed by atoms with Gasteiger partial charge in [-0.05, 0) is 41.6 Å². The summed E-state index contributed by atoms with van der Waals surface area (Å²) >= 11 is 0. The number of aromatic nitrogens is 2. The second-order valence-corrected chi connectivity index (χ2v) is 39.9. The average molecular weight is 1030 g/mol. The summed E-state index contributed by atoms with van der Waals surface area (Å²) in [6.45, 7) is 0. The van der Waals surface area contributed by atoms with Crippen LogP contribution in [0, 0.1) is 0 Å². The molecule has 12 aromatic carbocycles. The summed E-state index contributed by atoms with van der Waals surface area (Å²) in [6.07, 6.45) is 0. The zero-order valence-corrected chi connectivity index (χ0v) is 45.6. The summed E-state index contributed by atoms with van der Waals surface area (Å²) in [5.74, 6) is 0. The van der Waals surface area contributed by atoms with Crippen molar-refractivity contribution in [3.8, 4) is 11.4 Å². The zero-order valence-electron chi connectivity index (χ0n) is 42.6. The molecule has 14 aromatic rings. The Bertz CT molecular complexity index is 4180. The summed E-state index contributed by atoms with van der Waals surface area (Å²) in [7, 11) is -10.7. The van der Waals surface area contributed by atoms with E-state index in [1.807, 2.05) is 0 Å². The molecule has 2 heterocycles. The maximum atomic E-state index is 2.65. The van der Waals surface area contributed by atoms with Gasteiger partial charge in [0.1, 0.15) is 22.3 Å². The Kier molecular flexibility index (Phi) is 11.6. The molecule has 5 heteroatoms. The third kappa shape index (κ3) is 6.91. The topological polar surface area (TPSA) is 9.86 Å². The van der Waals surface area contributed by atoms with Gasteiger partial charge in [-0.3, -0.25) is 0 Å². The SMILES string of the molecule is c1ccc(-n2c3ccccc3c3ccc4c5ccccc5n(-c5cccc([Si](c6ccccc6)(c6ccccc6)[Si](c6ccccc6)(c6ccccc6)[Si](c6ccccc6)(c6ccccc6)c6ccccc6)c5)c4c32)cc1. The first-order valence-corrected chi connectivity index (χ1v) is 34.8. The van der Waals surface area contributed by atoms with Gasteiger partial charge in [0, 0.05) is 32.9 Å². The van der Waals surface area contributed by atoms with E-state index in [9.17, 15) is 0 Å². The molecule has 2 aromatic heterocycles. The molecule has 0 amide bonds. The van der Waals surface area contributed by atoms with Crippen molar-refractivity contribution in [1.29, 1.82) is 0 Å². The molecule has 0 aliphatic heterocycles. The smallest absolute Gasteiger partial charge is 0.148 e. The summed E-state index contributed by atoms with van der Waals surface area (Å²) in [5, 5.41) is 16.2. The third-order valence-corrected chi connectivity index (χ3v) is 50.6. The molecular formula is C72H54N2Si3. The van der Waals surface area contributed by atoms with Gasteiger partial charge in [0.05, 0.1) is 22.1 Å². The third-order valence-electron chi connectivity index (χ3n) is 16.6. The summed E-state index contributed by atoms with van der Waals surface area (Å²) in [4.78, 5) is 0. The van der Waals surface area contributed by atoms with E-state index in [1.165, 1.54) is 85.1 Å². The lowest BCUT2D eigenvalue weighted by Crippen LogP contribution is -3.04. The molecule has 364 valence electrons. The van der Waals surface area contributed by atoms with Crippen LogP contribution in [0.3, 0.4) is 0 Å². The van der Waals surface area contributed by atoms with Crippen LogP contribution >= 0.6 is 0 Å². The van der Waals surface area contributed by atoms with Crippen LogP contribution in [0.25, 0.3) is 55.0 Å². The molecular weight excluding hydrogens is 977 g/mol. The van der Waals surface area contributed by atoms with E-state index >= 15 is 0 Å². The van der Waals surface area contributed by atoms with Gasteiger partial charge in [-0.1, -0.05) is 327 Å². The molecule has 0 aliphatic carbocycles. The Balaban J connectivity index is 1.23. The average Bonchev–Trinajstić information content (AvgIpc) is 4.17. The van der Waals surface area contributed by atoms with Gasteiger partial charge in [0.2, 0.25) is 0 Å². The summed E-state index contributed by atoms with van der Waals surface area (Å²) in [5.41, 5.74) is 7.06. The van der Waals surface area contributed by atoms with Gasteiger partial charge >= 0.3 is 0 Å². The fourth-order valence-electron chi connectivity index (χ4n) is 13.9. The summed E-state index contributed by atoms with van der Waals surface area (Å²) < 4.78 is 5.11. The fraction of sp³-hybridized carbons (Fsp3) is 0. The highest BCUT2D eigenvalue weighted by Gasteiger charge is 2.72. The van der Waals surface area contributed by atoms with Gasteiger partial charge in [0.15, 0.2) is 0 Å².